The first kappa shape index (κ1) is 31.7. The second kappa shape index (κ2) is 17.0. The number of benzene rings is 4. The second-order valence-corrected chi connectivity index (χ2v) is 10.2. The predicted octanol–water partition coefficient (Wildman–Crippen LogP) is 4.27. The molecule has 2 amide bonds. The molecule has 0 fully saturated rings. The lowest BCUT2D eigenvalue weighted by molar-refractivity contribution is -0.124. The van der Waals surface area contributed by atoms with Gasteiger partial charge in [0.25, 0.3) is 11.8 Å². The molecule has 226 valence electrons. The van der Waals surface area contributed by atoms with Gasteiger partial charge < -0.3 is 20.1 Å². The largest absolute Gasteiger partial charge is 0.484 e. The Morgan fingerprint density at radius 3 is 1.23 bits per heavy atom. The van der Waals surface area contributed by atoms with Crippen LogP contribution in [0.2, 0.25) is 0 Å². The number of hydrogen-bond acceptors (Lipinski definition) is 6. The fourth-order valence-electron chi connectivity index (χ4n) is 3.78. The number of thiocarbonyl (C=S) groups is 2. The summed E-state index contributed by atoms with van der Waals surface area (Å²) in [7, 11) is 0. The molecule has 0 aliphatic rings. The van der Waals surface area contributed by atoms with Gasteiger partial charge >= 0.3 is 0 Å². The summed E-state index contributed by atoms with van der Waals surface area (Å²) < 4.78 is 11.1. The van der Waals surface area contributed by atoms with E-state index >= 15 is 0 Å². The van der Waals surface area contributed by atoms with Crippen LogP contribution >= 0.6 is 24.4 Å². The average Bonchev–Trinajstić information content (AvgIpc) is 3.05. The molecule has 4 aromatic rings. The summed E-state index contributed by atoms with van der Waals surface area (Å²) in [6, 6.07) is 34.0. The highest BCUT2D eigenvalue weighted by molar-refractivity contribution is 7.80. The number of carbonyl (C=O) groups excluding carboxylic acids is 2. The summed E-state index contributed by atoms with van der Waals surface area (Å²) in [5.41, 5.74) is 14.2. The normalized spacial score (nSPS) is 10.1. The van der Waals surface area contributed by atoms with Crippen molar-refractivity contribution in [2.75, 3.05) is 23.8 Å². The zero-order valence-electron chi connectivity index (χ0n) is 23.7. The lowest BCUT2D eigenvalue weighted by Gasteiger charge is -2.12. The van der Waals surface area contributed by atoms with E-state index in [4.69, 9.17) is 33.9 Å². The number of anilines is 2. The third kappa shape index (κ3) is 11.6. The van der Waals surface area contributed by atoms with Crippen LogP contribution in [0.15, 0.2) is 109 Å². The fourth-order valence-corrected chi connectivity index (χ4v) is 4.12. The van der Waals surface area contributed by atoms with E-state index in [0.717, 1.165) is 35.3 Å². The summed E-state index contributed by atoms with van der Waals surface area (Å²) in [6.07, 6.45) is 1.64. The first-order valence-corrected chi connectivity index (χ1v) is 14.5. The van der Waals surface area contributed by atoms with E-state index in [9.17, 15) is 9.59 Å². The molecule has 0 spiro atoms. The van der Waals surface area contributed by atoms with E-state index < -0.39 is 0 Å². The topological polar surface area (TPSA) is 125 Å². The van der Waals surface area contributed by atoms with Crippen LogP contribution in [-0.2, 0) is 22.4 Å². The van der Waals surface area contributed by atoms with E-state index in [1.165, 1.54) is 0 Å². The van der Waals surface area contributed by atoms with E-state index in [-0.39, 0.29) is 35.3 Å². The Balaban J connectivity index is 1.09. The summed E-state index contributed by atoms with van der Waals surface area (Å²) in [5, 5.41) is 6.46. The number of rotatable bonds is 11. The lowest BCUT2D eigenvalue weighted by atomic mass is 10.0. The predicted molar refractivity (Wildman–Crippen MR) is 179 cm³/mol. The van der Waals surface area contributed by atoms with Crippen molar-refractivity contribution < 1.29 is 19.1 Å². The van der Waals surface area contributed by atoms with Crippen molar-refractivity contribution >= 4 is 57.8 Å². The molecule has 0 atom stereocenters. The molecule has 0 saturated carbocycles. The highest BCUT2D eigenvalue weighted by atomic mass is 32.1. The van der Waals surface area contributed by atoms with Gasteiger partial charge in [-0.15, -0.1) is 0 Å². The van der Waals surface area contributed by atoms with E-state index in [0.29, 0.717) is 11.5 Å². The standard InChI is InChI=1S/C32H32N6O4S2/c39-29(35-37-31(43)33-25-7-3-1-4-8-25)21-41-27-17-13-23(14-18-27)11-12-24-15-19-28(20-16-24)42-22-30(40)36-38-32(44)34-26-9-5-2-6-10-26/h1-10,13-20H,11-12,21-22H2,(H,35,39)(H,36,40)(H2,33,37,43)(H2,34,38,44). The van der Waals surface area contributed by atoms with Gasteiger partial charge in [0.2, 0.25) is 0 Å². The third-order valence-corrected chi connectivity index (χ3v) is 6.39. The van der Waals surface area contributed by atoms with E-state index in [1.54, 1.807) is 0 Å². The molecule has 44 heavy (non-hydrogen) atoms. The van der Waals surface area contributed by atoms with Gasteiger partial charge in [0.1, 0.15) is 11.5 Å². The van der Waals surface area contributed by atoms with Gasteiger partial charge in [-0.3, -0.25) is 31.3 Å². The van der Waals surface area contributed by atoms with Crippen molar-refractivity contribution in [3.05, 3.63) is 120 Å². The van der Waals surface area contributed by atoms with Crippen molar-refractivity contribution in [1.82, 2.24) is 21.7 Å². The maximum Gasteiger partial charge on any atom is 0.276 e. The van der Waals surface area contributed by atoms with Gasteiger partial charge in [-0.2, -0.15) is 0 Å². The Morgan fingerprint density at radius 2 is 0.864 bits per heavy atom. The van der Waals surface area contributed by atoms with Crippen molar-refractivity contribution in [2.24, 2.45) is 0 Å². The molecular formula is C32H32N6O4S2. The number of para-hydroxylation sites is 2. The zero-order valence-corrected chi connectivity index (χ0v) is 25.3. The second-order valence-electron chi connectivity index (χ2n) is 9.35. The van der Waals surface area contributed by atoms with Crippen LogP contribution in [0.5, 0.6) is 11.5 Å². The van der Waals surface area contributed by atoms with Gasteiger partial charge in [0.05, 0.1) is 0 Å². The van der Waals surface area contributed by atoms with Crippen molar-refractivity contribution in [3.63, 3.8) is 0 Å². The number of amides is 2. The third-order valence-electron chi connectivity index (χ3n) is 5.98. The summed E-state index contributed by atoms with van der Waals surface area (Å²) >= 11 is 10.3. The summed E-state index contributed by atoms with van der Waals surface area (Å²) in [6.45, 7) is -0.322. The Bertz CT molecular complexity index is 1410. The quantitative estimate of drug-likeness (QED) is 0.106. The number of nitrogens with one attached hydrogen (secondary N) is 6. The van der Waals surface area contributed by atoms with Gasteiger partial charge in [-0.25, -0.2) is 0 Å². The lowest BCUT2D eigenvalue weighted by Crippen LogP contribution is -2.45. The number of carbonyl (C=O) groups is 2. The van der Waals surface area contributed by atoms with Crippen molar-refractivity contribution in [1.29, 1.82) is 0 Å². The van der Waals surface area contributed by atoms with Crippen LogP contribution in [0.3, 0.4) is 0 Å². The number of hydrazine groups is 2. The highest BCUT2D eigenvalue weighted by Gasteiger charge is 2.06. The first-order valence-electron chi connectivity index (χ1n) is 13.7. The summed E-state index contributed by atoms with van der Waals surface area (Å²) in [5.74, 6) is 0.445. The fraction of sp³-hybridized carbons (Fsp3) is 0.125. The van der Waals surface area contributed by atoms with Crippen LogP contribution in [0, 0.1) is 0 Å². The Labute approximate surface area is 266 Å². The first-order chi connectivity index (χ1) is 21.4. The van der Waals surface area contributed by atoms with Crippen molar-refractivity contribution in [3.8, 4) is 11.5 Å². The maximum atomic E-state index is 12.1. The number of aryl methyl sites for hydroxylation is 2. The summed E-state index contributed by atoms with van der Waals surface area (Å²) in [4.78, 5) is 24.2. The molecule has 4 aromatic carbocycles. The van der Waals surface area contributed by atoms with Gasteiger partial charge in [-0.05, 0) is 96.9 Å². The average molecular weight is 629 g/mol. The van der Waals surface area contributed by atoms with E-state index in [1.807, 2.05) is 109 Å². The van der Waals surface area contributed by atoms with Gasteiger partial charge in [-0.1, -0.05) is 60.7 Å². The molecule has 4 rings (SSSR count). The number of ether oxygens (including phenoxy) is 2. The van der Waals surface area contributed by atoms with Crippen LogP contribution in [0.1, 0.15) is 11.1 Å². The van der Waals surface area contributed by atoms with Gasteiger partial charge in [0.15, 0.2) is 23.4 Å². The number of hydrogen-bond donors (Lipinski definition) is 6. The van der Waals surface area contributed by atoms with Crippen molar-refractivity contribution in [2.45, 2.75) is 12.8 Å². The van der Waals surface area contributed by atoms with Crippen LogP contribution in [-0.4, -0.2) is 35.3 Å². The smallest absolute Gasteiger partial charge is 0.276 e. The van der Waals surface area contributed by atoms with Gasteiger partial charge in [0, 0.05) is 11.4 Å². The molecule has 10 nitrogen and oxygen atoms in total. The molecule has 0 radical (unpaired) electrons. The molecule has 6 N–H and O–H groups in total. The molecule has 0 heterocycles. The molecule has 0 saturated heterocycles. The monoisotopic (exact) mass is 628 g/mol. The Hall–Kier alpha value is -5.20. The SMILES string of the molecule is O=C(COc1ccc(CCc2ccc(OCC(=O)NNC(=S)Nc3ccccc3)cc2)cc1)NNC(=S)Nc1ccccc1. The molecule has 0 bridgehead atoms. The minimum Gasteiger partial charge on any atom is -0.484 e. The van der Waals surface area contributed by atoms with Crippen LogP contribution in [0.25, 0.3) is 0 Å². The van der Waals surface area contributed by atoms with E-state index in [2.05, 4.69) is 32.3 Å². The Morgan fingerprint density at radius 1 is 0.500 bits per heavy atom. The van der Waals surface area contributed by atoms with Crippen LogP contribution in [0.4, 0.5) is 11.4 Å². The zero-order chi connectivity index (χ0) is 31.0. The molecule has 12 heteroatoms. The molecule has 0 unspecified atom stereocenters. The van der Waals surface area contributed by atoms with Crippen LogP contribution < -0.4 is 41.8 Å². The Kier molecular flexibility index (Phi) is 12.3. The molecular weight excluding hydrogens is 597 g/mol. The highest BCUT2D eigenvalue weighted by Crippen LogP contribution is 2.16. The minimum atomic E-state index is -0.365. The molecule has 0 aliphatic carbocycles. The minimum absolute atomic E-state index is 0.161. The maximum absolute atomic E-state index is 12.1. The molecule has 0 aromatic heterocycles. The molecule has 0 aliphatic heterocycles.